The van der Waals surface area contributed by atoms with Crippen molar-refractivity contribution in [1.82, 2.24) is 14.8 Å². The Labute approximate surface area is 166 Å². The molecule has 0 radical (unpaired) electrons. The third kappa shape index (κ3) is 5.35. The molecule has 0 atom stereocenters. The van der Waals surface area contributed by atoms with Crippen LogP contribution in [-0.4, -0.2) is 44.7 Å². The highest BCUT2D eigenvalue weighted by atomic mass is 32.1. The van der Waals surface area contributed by atoms with Crippen LogP contribution >= 0.6 is 11.3 Å². The fraction of sp³-hybridized carbons (Fsp3) is 0.529. The highest BCUT2D eigenvalue weighted by Gasteiger charge is 2.25. The van der Waals surface area contributed by atoms with Gasteiger partial charge in [-0.3, -0.25) is 9.69 Å². The van der Waals surface area contributed by atoms with Gasteiger partial charge in [-0.05, 0) is 25.2 Å². The molecule has 0 bridgehead atoms. The molecule has 0 unspecified atom stereocenters. The molecule has 0 saturated heterocycles. The maximum Gasteiger partial charge on any atom is 0.389 e. The third-order valence-electron chi connectivity index (χ3n) is 3.87. The molecule has 0 aromatic carbocycles. The molecular weight excluding hydrogens is 386 g/mol. The van der Waals surface area contributed by atoms with Crippen LogP contribution < -0.4 is 4.90 Å². The minimum Gasteiger partial charge on any atom is -0.462 e. The molecule has 2 aromatic heterocycles. The van der Waals surface area contributed by atoms with Crippen molar-refractivity contribution in [3.05, 3.63) is 32.9 Å². The predicted octanol–water partition coefficient (Wildman–Crippen LogP) is 2.96. The summed E-state index contributed by atoms with van der Waals surface area (Å²) in [6.45, 7) is 6.00. The number of hydrogen-bond donors (Lipinski definition) is 0. The van der Waals surface area contributed by atoms with E-state index in [9.17, 15) is 19.7 Å². The molecule has 0 saturated carbocycles. The standard InChI is InChI=1S/C17H23N5O5S/c1-4-6-7-9-21(14(23)11-20-10-8-13(19-20)22(25)26)17-18-12(3)15(28-17)16(24)27-5-2/h8,10H,4-7,9,11H2,1-3H3. The average molecular weight is 409 g/mol. The number of aryl methyl sites for hydroxylation is 1. The van der Waals surface area contributed by atoms with E-state index in [1.807, 2.05) is 0 Å². The monoisotopic (exact) mass is 409 g/mol. The van der Waals surface area contributed by atoms with Gasteiger partial charge in [0.2, 0.25) is 0 Å². The summed E-state index contributed by atoms with van der Waals surface area (Å²) in [5.74, 6) is -1.09. The summed E-state index contributed by atoms with van der Waals surface area (Å²) < 4.78 is 6.25. The van der Waals surface area contributed by atoms with E-state index in [1.165, 1.54) is 21.8 Å². The van der Waals surface area contributed by atoms with Crippen molar-refractivity contribution in [2.24, 2.45) is 0 Å². The Kier molecular flexibility index (Phi) is 7.61. The predicted molar refractivity (Wildman–Crippen MR) is 104 cm³/mol. The average Bonchev–Trinajstić information content (AvgIpc) is 3.25. The van der Waals surface area contributed by atoms with E-state index >= 15 is 0 Å². The summed E-state index contributed by atoms with van der Waals surface area (Å²) in [6, 6.07) is 1.24. The number of carbonyl (C=O) groups excluding carboxylic acids is 2. The Bertz CT molecular complexity index is 847. The van der Waals surface area contributed by atoms with E-state index < -0.39 is 10.9 Å². The van der Waals surface area contributed by atoms with Crippen molar-refractivity contribution < 1.29 is 19.2 Å². The van der Waals surface area contributed by atoms with Gasteiger partial charge in [0.1, 0.15) is 11.4 Å². The largest absolute Gasteiger partial charge is 0.462 e. The number of aromatic nitrogens is 3. The number of unbranched alkanes of at least 4 members (excludes halogenated alkanes) is 2. The first-order chi connectivity index (χ1) is 13.4. The van der Waals surface area contributed by atoms with Crippen molar-refractivity contribution in [2.45, 2.75) is 46.6 Å². The van der Waals surface area contributed by atoms with E-state index in [2.05, 4.69) is 17.0 Å². The zero-order valence-corrected chi connectivity index (χ0v) is 16.9. The zero-order chi connectivity index (χ0) is 20.7. The van der Waals surface area contributed by atoms with E-state index in [-0.39, 0.29) is 24.9 Å². The van der Waals surface area contributed by atoms with E-state index in [0.717, 1.165) is 30.6 Å². The molecule has 28 heavy (non-hydrogen) atoms. The number of anilines is 1. The van der Waals surface area contributed by atoms with Crippen molar-refractivity contribution in [3.63, 3.8) is 0 Å². The summed E-state index contributed by atoms with van der Waals surface area (Å²) >= 11 is 1.10. The first kappa shape index (κ1) is 21.5. The van der Waals surface area contributed by atoms with Crippen LogP contribution in [0.4, 0.5) is 10.9 Å². The van der Waals surface area contributed by atoms with Gasteiger partial charge >= 0.3 is 11.8 Å². The second-order valence-corrected chi connectivity index (χ2v) is 6.99. The molecule has 152 valence electrons. The van der Waals surface area contributed by atoms with E-state index in [0.29, 0.717) is 22.2 Å². The maximum absolute atomic E-state index is 12.8. The Morgan fingerprint density at radius 2 is 2.11 bits per heavy atom. The topological polar surface area (TPSA) is 120 Å². The van der Waals surface area contributed by atoms with E-state index in [4.69, 9.17) is 4.74 Å². The smallest absolute Gasteiger partial charge is 0.389 e. The molecule has 1 amide bonds. The number of amides is 1. The van der Waals surface area contributed by atoms with Crippen LogP contribution in [0.15, 0.2) is 12.3 Å². The summed E-state index contributed by atoms with van der Waals surface area (Å²) in [5, 5.41) is 15.0. The fourth-order valence-corrected chi connectivity index (χ4v) is 3.50. The van der Waals surface area contributed by atoms with Crippen LogP contribution in [0, 0.1) is 17.0 Å². The third-order valence-corrected chi connectivity index (χ3v) is 5.03. The number of esters is 1. The number of carbonyl (C=O) groups is 2. The number of thiazole rings is 1. The molecule has 0 fully saturated rings. The molecule has 0 N–H and O–H groups in total. The van der Waals surface area contributed by atoms with Crippen LogP contribution in [0.25, 0.3) is 0 Å². The second-order valence-electron chi connectivity index (χ2n) is 6.01. The fourth-order valence-electron chi connectivity index (χ4n) is 2.49. The van der Waals surface area contributed by atoms with Crippen LogP contribution in [-0.2, 0) is 16.1 Å². The molecular formula is C17H23N5O5S. The SMILES string of the molecule is CCCCCN(C(=O)Cn1ccc([N+](=O)[O-])n1)c1nc(C)c(C(=O)OCC)s1. The molecule has 0 aliphatic carbocycles. The van der Waals surface area contributed by atoms with Crippen LogP contribution in [0.2, 0.25) is 0 Å². The highest BCUT2D eigenvalue weighted by molar-refractivity contribution is 7.17. The first-order valence-corrected chi connectivity index (χ1v) is 9.81. The number of nitrogens with zero attached hydrogens (tertiary/aromatic N) is 5. The lowest BCUT2D eigenvalue weighted by Gasteiger charge is -2.19. The van der Waals surface area contributed by atoms with Crippen LogP contribution in [0.1, 0.15) is 48.5 Å². The van der Waals surface area contributed by atoms with Gasteiger partial charge in [-0.1, -0.05) is 31.1 Å². The molecule has 0 spiro atoms. The van der Waals surface area contributed by atoms with Gasteiger partial charge in [0.25, 0.3) is 5.91 Å². The molecule has 11 heteroatoms. The number of hydrogen-bond acceptors (Lipinski definition) is 8. The summed E-state index contributed by atoms with van der Waals surface area (Å²) in [4.78, 5) is 41.3. The minimum atomic E-state index is -0.615. The maximum atomic E-state index is 12.8. The zero-order valence-electron chi connectivity index (χ0n) is 16.1. The van der Waals surface area contributed by atoms with Crippen molar-refractivity contribution in [1.29, 1.82) is 0 Å². The summed E-state index contributed by atoms with van der Waals surface area (Å²) in [5.41, 5.74) is 0.501. The van der Waals surface area contributed by atoms with Crippen molar-refractivity contribution in [3.8, 4) is 0 Å². The molecule has 2 heterocycles. The highest BCUT2D eigenvalue weighted by Crippen LogP contribution is 2.27. The molecule has 2 rings (SSSR count). The van der Waals surface area contributed by atoms with Gasteiger partial charge in [-0.2, -0.15) is 4.68 Å². The van der Waals surface area contributed by atoms with Gasteiger partial charge in [-0.15, -0.1) is 0 Å². The Morgan fingerprint density at radius 1 is 1.36 bits per heavy atom. The van der Waals surface area contributed by atoms with Gasteiger partial charge < -0.3 is 14.9 Å². The summed E-state index contributed by atoms with van der Waals surface area (Å²) in [7, 11) is 0. The van der Waals surface area contributed by atoms with Crippen molar-refractivity contribution >= 4 is 34.2 Å². The van der Waals surface area contributed by atoms with Gasteiger partial charge in [0.05, 0.1) is 29.7 Å². The molecule has 10 nitrogen and oxygen atoms in total. The first-order valence-electron chi connectivity index (χ1n) is 9.00. The van der Waals surface area contributed by atoms with Crippen LogP contribution in [0.5, 0.6) is 0 Å². The second kappa shape index (κ2) is 9.93. The Balaban J connectivity index is 2.22. The quantitative estimate of drug-likeness (QED) is 0.256. The van der Waals surface area contributed by atoms with Gasteiger partial charge in [-0.25, -0.2) is 9.78 Å². The minimum absolute atomic E-state index is 0.159. The Hall–Kier alpha value is -2.82. The number of rotatable bonds is 10. The number of ether oxygens (including phenoxy) is 1. The molecule has 0 aliphatic rings. The molecule has 2 aromatic rings. The van der Waals surface area contributed by atoms with E-state index in [1.54, 1.807) is 13.8 Å². The van der Waals surface area contributed by atoms with Gasteiger partial charge in [0.15, 0.2) is 5.13 Å². The molecule has 0 aliphatic heterocycles. The number of nitro groups is 1. The Morgan fingerprint density at radius 3 is 2.71 bits per heavy atom. The van der Waals surface area contributed by atoms with Gasteiger partial charge in [0, 0.05) is 6.54 Å². The summed E-state index contributed by atoms with van der Waals surface area (Å²) in [6.07, 6.45) is 4.08. The lowest BCUT2D eigenvalue weighted by molar-refractivity contribution is -0.389. The normalized spacial score (nSPS) is 10.7. The van der Waals surface area contributed by atoms with Crippen molar-refractivity contribution in [2.75, 3.05) is 18.1 Å². The lowest BCUT2D eigenvalue weighted by Crippen LogP contribution is -2.35. The lowest BCUT2D eigenvalue weighted by atomic mass is 10.2. The van der Waals surface area contributed by atoms with Crippen LogP contribution in [0.3, 0.4) is 0 Å².